The third kappa shape index (κ3) is 3.32. The fourth-order valence-corrected chi connectivity index (χ4v) is 3.15. The van der Waals surface area contributed by atoms with Gasteiger partial charge in [-0.2, -0.15) is 0 Å². The molecule has 0 bridgehead atoms. The van der Waals surface area contributed by atoms with Crippen molar-refractivity contribution in [2.24, 2.45) is 0 Å². The summed E-state index contributed by atoms with van der Waals surface area (Å²) in [7, 11) is 1.96. The van der Waals surface area contributed by atoms with Crippen LogP contribution in [-0.2, 0) is 6.54 Å². The Labute approximate surface area is 121 Å². The summed E-state index contributed by atoms with van der Waals surface area (Å²) in [4.78, 5) is 13.0. The Balaban J connectivity index is 2.15. The first-order chi connectivity index (χ1) is 9.13. The first-order valence-corrected chi connectivity index (χ1v) is 7.23. The first-order valence-electron chi connectivity index (χ1n) is 6.44. The molecule has 5 nitrogen and oxygen atoms in total. The quantitative estimate of drug-likeness (QED) is 0.667. The minimum absolute atomic E-state index is 0.141. The molecule has 0 spiro atoms. The van der Waals surface area contributed by atoms with Gasteiger partial charge in [0.15, 0.2) is 0 Å². The summed E-state index contributed by atoms with van der Waals surface area (Å²) < 4.78 is 0.607. The zero-order valence-electron chi connectivity index (χ0n) is 10.9. The summed E-state index contributed by atoms with van der Waals surface area (Å²) in [5, 5.41) is 14.1. The molecular formula is C13H18BrN3O2. The second-order valence-electron chi connectivity index (χ2n) is 4.83. The van der Waals surface area contributed by atoms with E-state index in [1.807, 2.05) is 13.1 Å². The number of halogens is 1. The summed E-state index contributed by atoms with van der Waals surface area (Å²) in [6.45, 7) is 2.78. The van der Waals surface area contributed by atoms with E-state index in [0.29, 0.717) is 10.5 Å². The molecule has 1 aromatic carbocycles. The highest BCUT2D eigenvalue weighted by Crippen LogP contribution is 2.30. The van der Waals surface area contributed by atoms with Gasteiger partial charge in [-0.15, -0.1) is 0 Å². The molecule has 2 rings (SSSR count). The average molecular weight is 328 g/mol. The van der Waals surface area contributed by atoms with Crippen molar-refractivity contribution < 1.29 is 4.92 Å². The van der Waals surface area contributed by atoms with E-state index in [2.05, 4.69) is 26.1 Å². The number of nitrogens with zero attached hydrogens (tertiary/aromatic N) is 2. The van der Waals surface area contributed by atoms with Gasteiger partial charge in [0.1, 0.15) is 0 Å². The number of likely N-dealkylation sites (tertiary alicyclic amines) is 1. The molecule has 1 aliphatic rings. The molecule has 0 radical (unpaired) electrons. The van der Waals surface area contributed by atoms with Crippen molar-refractivity contribution in [2.75, 3.05) is 20.1 Å². The largest absolute Gasteiger partial charge is 0.318 e. The minimum atomic E-state index is -0.345. The molecule has 0 aliphatic carbocycles. The van der Waals surface area contributed by atoms with Crippen LogP contribution in [0.5, 0.6) is 0 Å². The Bertz CT molecular complexity index is 467. The lowest BCUT2D eigenvalue weighted by Gasteiger charge is -2.24. The highest BCUT2D eigenvalue weighted by atomic mass is 79.9. The van der Waals surface area contributed by atoms with Crippen LogP contribution < -0.4 is 5.32 Å². The Hall–Kier alpha value is -0.980. The maximum absolute atomic E-state index is 10.9. The summed E-state index contributed by atoms with van der Waals surface area (Å²) >= 11 is 3.36. The van der Waals surface area contributed by atoms with E-state index in [1.54, 1.807) is 6.07 Å². The van der Waals surface area contributed by atoms with Crippen molar-refractivity contribution in [3.63, 3.8) is 0 Å². The lowest BCUT2D eigenvalue weighted by Crippen LogP contribution is -2.36. The van der Waals surface area contributed by atoms with E-state index in [4.69, 9.17) is 0 Å². The number of hydrogen-bond acceptors (Lipinski definition) is 4. The standard InChI is InChI=1S/C13H18BrN3O2/c1-15-8-11-5-3-7-16(11)9-10-4-2-6-12(13(10)14)17(18)19/h2,4,6,11,15H,3,5,7-9H2,1H3. The molecule has 6 heteroatoms. The van der Waals surface area contributed by atoms with Crippen molar-refractivity contribution in [2.45, 2.75) is 25.4 Å². The molecule has 0 amide bonds. The number of rotatable bonds is 5. The molecule has 1 heterocycles. The molecule has 1 unspecified atom stereocenters. The molecule has 104 valence electrons. The maximum Gasteiger partial charge on any atom is 0.283 e. The SMILES string of the molecule is CNCC1CCCN1Cc1cccc([N+](=O)[O-])c1Br. The van der Waals surface area contributed by atoms with E-state index < -0.39 is 0 Å². The Morgan fingerprint density at radius 3 is 3.05 bits per heavy atom. The highest BCUT2D eigenvalue weighted by molar-refractivity contribution is 9.10. The number of benzene rings is 1. The lowest BCUT2D eigenvalue weighted by molar-refractivity contribution is -0.385. The Kier molecular flexibility index (Phi) is 4.90. The van der Waals surface area contributed by atoms with Gasteiger partial charge >= 0.3 is 0 Å². The minimum Gasteiger partial charge on any atom is -0.318 e. The van der Waals surface area contributed by atoms with Crippen LogP contribution in [0.4, 0.5) is 5.69 Å². The molecule has 19 heavy (non-hydrogen) atoms. The van der Waals surface area contributed by atoms with Gasteiger partial charge in [0.25, 0.3) is 5.69 Å². The van der Waals surface area contributed by atoms with Crippen molar-refractivity contribution >= 4 is 21.6 Å². The summed E-state index contributed by atoms with van der Waals surface area (Å²) in [6.07, 6.45) is 2.38. The zero-order chi connectivity index (χ0) is 13.8. The number of nitro benzene ring substituents is 1. The van der Waals surface area contributed by atoms with Gasteiger partial charge in [-0.25, -0.2) is 0 Å². The summed E-state index contributed by atoms with van der Waals surface area (Å²) in [5.74, 6) is 0. The average Bonchev–Trinajstić information content (AvgIpc) is 2.79. The van der Waals surface area contributed by atoms with Crippen molar-refractivity contribution in [1.29, 1.82) is 0 Å². The molecular weight excluding hydrogens is 310 g/mol. The first kappa shape index (κ1) is 14.4. The van der Waals surface area contributed by atoms with Crippen LogP contribution in [0.3, 0.4) is 0 Å². The van der Waals surface area contributed by atoms with E-state index in [1.165, 1.54) is 18.9 Å². The predicted molar refractivity (Wildman–Crippen MR) is 78.2 cm³/mol. The molecule has 1 fully saturated rings. The van der Waals surface area contributed by atoms with E-state index >= 15 is 0 Å². The zero-order valence-corrected chi connectivity index (χ0v) is 12.5. The topological polar surface area (TPSA) is 58.4 Å². The molecule has 1 aliphatic heterocycles. The molecule has 1 saturated heterocycles. The summed E-state index contributed by atoms with van der Waals surface area (Å²) in [5.41, 5.74) is 1.12. The van der Waals surface area contributed by atoms with Crippen LogP contribution in [-0.4, -0.2) is 36.0 Å². The molecule has 0 saturated carbocycles. The van der Waals surface area contributed by atoms with Crippen LogP contribution in [0.15, 0.2) is 22.7 Å². The Morgan fingerprint density at radius 1 is 1.58 bits per heavy atom. The third-order valence-electron chi connectivity index (χ3n) is 3.57. The summed E-state index contributed by atoms with van der Waals surface area (Å²) in [6, 6.07) is 5.76. The van der Waals surface area contributed by atoms with Gasteiger partial charge in [0, 0.05) is 25.2 Å². The fraction of sp³-hybridized carbons (Fsp3) is 0.538. The highest BCUT2D eigenvalue weighted by Gasteiger charge is 2.25. The predicted octanol–water partition coefficient (Wildman–Crippen LogP) is 2.54. The lowest BCUT2D eigenvalue weighted by atomic mass is 10.1. The molecule has 1 atom stereocenters. The van der Waals surface area contributed by atoms with E-state index in [9.17, 15) is 10.1 Å². The van der Waals surface area contributed by atoms with Crippen LogP contribution >= 0.6 is 15.9 Å². The molecule has 0 aromatic heterocycles. The van der Waals surface area contributed by atoms with Crippen LogP contribution in [0.2, 0.25) is 0 Å². The van der Waals surface area contributed by atoms with Gasteiger partial charge < -0.3 is 5.32 Å². The van der Waals surface area contributed by atoms with Gasteiger partial charge in [-0.1, -0.05) is 12.1 Å². The van der Waals surface area contributed by atoms with Gasteiger partial charge in [0.05, 0.1) is 9.40 Å². The number of hydrogen-bond donors (Lipinski definition) is 1. The van der Waals surface area contributed by atoms with E-state index in [0.717, 1.165) is 25.2 Å². The molecule has 1 N–H and O–H groups in total. The maximum atomic E-state index is 10.9. The molecule has 1 aromatic rings. The second kappa shape index (κ2) is 6.45. The van der Waals surface area contributed by atoms with Gasteiger partial charge in [0.2, 0.25) is 0 Å². The third-order valence-corrected chi connectivity index (χ3v) is 4.48. The van der Waals surface area contributed by atoms with Gasteiger partial charge in [-0.05, 0) is 47.9 Å². The van der Waals surface area contributed by atoms with Gasteiger partial charge in [-0.3, -0.25) is 15.0 Å². The smallest absolute Gasteiger partial charge is 0.283 e. The second-order valence-corrected chi connectivity index (χ2v) is 5.62. The fourth-order valence-electron chi connectivity index (χ4n) is 2.62. The van der Waals surface area contributed by atoms with E-state index in [-0.39, 0.29) is 10.6 Å². The normalized spacial score (nSPS) is 19.8. The van der Waals surface area contributed by atoms with Crippen molar-refractivity contribution in [3.05, 3.63) is 38.3 Å². The monoisotopic (exact) mass is 327 g/mol. The van der Waals surface area contributed by atoms with Crippen molar-refractivity contribution in [1.82, 2.24) is 10.2 Å². The number of nitro groups is 1. The van der Waals surface area contributed by atoms with Crippen molar-refractivity contribution in [3.8, 4) is 0 Å². The number of likely N-dealkylation sites (N-methyl/N-ethyl adjacent to an activating group) is 1. The van der Waals surface area contributed by atoms with Crippen LogP contribution in [0.25, 0.3) is 0 Å². The van der Waals surface area contributed by atoms with Crippen LogP contribution in [0.1, 0.15) is 18.4 Å². The number of nitrogens with one attached hydrogen (secondary N) is 1. The van der Waals surface area contributed by atoms with Crippen LogP contribution in [0, 0.1) is 10.1 Å². The Morgan fingerprint density at radius 2 is 2.37 bits per heavy atom.